The highest BCUT2D eigenvalue weighted by Gasteiger charge is 2.34. The van der Waals surface area contributed by atoms with Gasteiger partial charge in [-0.2, -0.15) is 5.10 Å². The zero-order valence-electron chi connectivity index (χ0n) is 24.5. The number of nitrogens with one attached hydrogen (secondary N) is 1. The molecule has 0 bridgehead atoms. The van der Waals surface area contributed by atoms with Gasteiger partial charge in [0.2, 0.25) is 0 Å². The second kappa shape index (κ2) is 12.4. The van der Waals surface area contributed by atoms with E-state index in [1.54, 1.807) is 28.7 Å². The van der Waals surface area contributed by atoms with Crippen molar-refractivity contribution in [2.75, 3.05) is 12.4 Å². The molecule has 1 fully saturated rings. The molecule has 3 aromatic heterocycles. The Hall–Kier alpha value is -3.35. The lowest BCUT2D eigenvalue weighted by Gasteiger charge is -2.33. The molecule has 1 saturated carbocycles. The summed E-state index contributed by atoms with van der Waals surface area (Å²) < 4.78 is 17.6. The van der Waals surface area contributed by atoms with Gasteiger partial charge < -0.3 is 9.67 Å². The second-order valence-electron chi connectivity index (χ2n) is 11.9. The van der Waals surface area contributed by atoms with Crippen LogP contribution < -0.4 is 5.32 Å². The van der Waals surface area contributed by atoms with Crippen molar-refractivity contribution in [3.05, 3.63) is 81.4 Å². The average molecular weight is 669 g/mol. The van der Waals surface area contributed by atoms with Crippen LogP contribution in [-0.2, 0) is 24.3 Å². The first-order valence-corrected chi connectivity index (χ1v) is 16.6. The number of rotatable bonds is 8. The smallest absolute Gasteiger partial charge is 0.257 e. The number of thiazole rings is 1. The summed E-state index contributed by atoms with van der Waals surface area (Å²) in [7, 11) is 2.13. The van der Waals surface area contributed by atoms with E-state index in [0.29, 0.717) is 43.5 Å². The van der Waals surface area contributed by atoms with Crippen molar-refractivity contribution in [2.45, 2.75) is 69.6 Å². The Balaban J connectivity index is 1.20. The van der Waals surface area contributed by atoms with Crippen LogP contribution in [0, 0.1) is 0 Å². The Morgan fingerprint density at radius 1 is 1.20 bits per heavy atom. The molecule has 2 N–H and O–H groups in total. The van der Waals surface area contributed by atoms with Crippen molar-refractivity contribution in [1.29, 1.82) is 0 Å². The quantitative estimate of drug-likeness (QED) is 0.195. The molecule has 5 aromatic rings. The first kappa shape index (κ1) is 30.3. The van der Waals surface area contributed by atoms with E-state index >= 15 is 0 Å². The Kier molecular flexibility index (Phi) is 8.39. The average Bonchev–Trinajstić information content (AvgIpc) is 3.83. The zero-order chi connectivity index (χ0) is 31.2. The number of aliphatic hydroxyl groups is 1. The first-order valence-electron chi connectivity index (χ1n) is 15.0. The standard InChI is InChI=1S/C32H32Cl2FN7O2S/c1-40(21-6-8-22(43)9-7-21)14-18-2-4-19(5-3-18)23-13-25(33)24-16-42(39-28(24)27(23)34)30(31(44)38-32-36-10-11-45-32)29-26-12-20(35)15-41(26)17-37-29/h2-5,10-11,13,16-17,20-22,30,43H,6-9,12,14-15H2,1H3,(H,36,38,44)/t20-,21?,22?,30?/m1/s1. The maximum Gasteiger partial charge on any atom is 0.257 e. The minimum absolute atomic E-state index is 0.165. The number of benzene rings is 2. The monoisotopic (exact) mass is 667 g/mol. The van der Waals surface area contributed by atoms with Crippen LogP contribution in [0.15, 0.2) is 54.4 Å². The molecule has 9 nitrogen and oxygen atoms in total. The Morgan fingerprint density at radius 2 is 1.98 bits per heavy atom. The van der Waals surface area contributed by atoms with Gasteiger partial charge in [-0.3, -0.25) is 19.7 Å². The van der Waals surface area contributed by atoms with Crippen LogP contribution >= 0.6 is 34.5 Å². The predicted octanol–water partition coefficient (Wildman–Crippen LogP) is 6.52. The largest absolute Gasteiger partial charge is 0.393 e. The number of carbonyl (C=O) groups excluding carboxylic acids is 1. The lowest BCUT2D eigenvalue weighted by molar-refractivity contribution is -0.118. The predicted molar refractivity (Wildman–Crippen MR) is 175 cm³/mol. The van der Waals surface area contributed by atoms with Gasteiger partial charge in [0, 0.05) is 53.4 Å². The molecular weight excluding hydrogens is 636 g/mol. The summed E-state index contributed by atoms with van der Waals surface area (Å²) in [6.07, 6.45) is 7.53. The fourth-order valence-electron chi connectivity index (χ4n) is 6.52. The molecule has 1 amide bonds. The topological polar surface area (TPSA) is 101 Å². The van der Waals surface area contributed by atoms with E-state index in [-0.39, 0.29) is 19.1 Å². The fraction of sp³-hybridized carbons (Fsp3) is 0.375. The van der Waals surface area contributed by atoms with Gasteiger partial charge in [0.1, 0.15) is 11.7 Å². The third kappa shape index (κ3) is 5.99. The number of alkyl halides is 1. The van der Waals surface area contributed by atoms with Crippen molar-refractivity contribution >= 4 is 56.5 Å². The molecule has 4 heterocycles. The molecule has 0 radical (unpaired) electrons. The number of carbonyl (C=O) groups is 1. The zero-order valence-corrected chi connectivity index (χ0v) is 26.9. The van der Waals surface area contributed by atoms with E-state index in [2.05, 4.69) is 39.4 Å². The van der Waals surface area contributed by atoms with Gasteiger partial charge >= 0.3 is 0 Å². The maximum atomic E-state index is 14.3. The van der Waals surface area contributed by atoms with Gasteiger partial charge in [-0.15, -0.1) is 11.3 Å². The Morgan fingerprint density at radius 3 is 2.71 bits per heavy atom. The van der Waals surface area contributed by atoms with Crippen molar-refractivity contribution in [2.24, 2.45) is 0 Å². The van der Waals surface area contributed by atoms with Gasteiger partial charge in [-0.25, -0.2) is 14.4 Å². The molecule has 2 aliphatic rings. The van der Waals surface area contributed by atoms with Gasteiger partial charge in [-0.1, -0.05) is 47.5 Å². The van der Waals surface area contributed by atoms with Crippen LogP contribution in [0.4, 0.5) is 9.52 Å². The summed E-state index contributed by atoms with van der Waals surface area (Å²) >= 11 is 15.1. The summed E-state index contributed by atoms with van der Waals surface area (Å²) in [5.74, 6) is -0.404. The number of fused-ring (bicyclic) bond motifs is 2. The van der Waals surface area contributed by atoms with E-state index in [1.807, 2.05) is 18.2 Å². The summed E-state index contributed by atoms with van der Waals surface area (Å²) in [6.45, 7) is 1.01. The van der Waals surface area contributed by atoms with Gasteiger partial charge in [0.15, 0.2) is 11.2 Å². The number of amides is 1. The van der Waals surface area contributed by atoms with Crippen molar-refractivity contribution < 1.29 is 14.3 Å². The summed E-state index contributed by atoms with van der Waals surface area (Å²) in [4.78, 5) is 24.8. The molecular formula is C32H32Cl2FN7O2S. The van der Waals surface area contributed by atoms with E-state index in [9.17, 15) is 14.3 Å². The van der Waals surface area contributed by atoms with Gasteiger partial charge in [0.25, 0.3) is 5.91 Å². The molecule has 1 aliphatic carbocycles. The molecule has 7 rings (SSSR count). The summed E-state index contributed by atoms with van der Waals surface area (Å²) in [5.41, 5.74) is 4.34. The van der Waals surface area contributed by atoms with Crippen molar-refractivity contribution in [1.82, 2.24) is 29.2 Å². The van der Waals surface area contributed by atoms with Crippen molar-refractivity contribution in [3.63, 3.8) is 0 Å². The third-order valence-corrected chi connectivity index (χ3v) is 10.3. The van der Waals surface area contributed by atoms with Crippen LogP contribution in [0.25, 0.3) is 22.0 Å². The van der Waals surface area contributed by atoms with Crippen LogP contribution in [0.5, 0.6) is 0 Å². The molecule has 45 heavy (non-hydrogen) atoms. The molecule has 234 valence electrons. The number of nitrogens with zero attached hydrogens (tertiary/aromatic N) is 6. The lowest BCUT2D eigenvalue weighted by Crippen LogP contribution is -2.35. The number of aliphatic hydroxyl groups excluding tert-OH is 1. The molecule has 1 aliphatic heterocycles. The normalized spacial score (nSPS) is 20.5. The van der Waals surface area contributed by atoms with E-state index < -0.39 is 18.1 Å². The second-order valence-corrected chi connectivity index (χ2v) is 13.6. The highest BCUT2D eigenvalue weighted by molar-refractivity contribution is 7.13. The Labute approximate surface area is 273 Å². The first-order chi connectivity index (χ1) is 21.7. The van der Waals surface area contributed by atoms with Crippen LogP contribution in [0.3, 0.4) is 0 Å². The number of hydrogen-bond donors (Lipinski definition) is 2. The number of imidazole rings is 1. The van der Waals surface area contributed by atoms with Crippen LogP contribution in [0.1, 0.15) is 48.7 Å². The number of halogens is 3. The minimum Gasteiger partial charge on any atom is -0.393 e. The van der Waals surface area contributed by atoms with Gasteiger partial charge in [0.05, 0.1) is 34.7 Å². The number of aromatic nitrogens is 5. The molecule has 0 saturated heterocycles. The Bertz CT molecular complexity index is 1830. The minimum atomic E-state index is -1.04. The van der Waals surface area contributed by atoms with Crippen LogP contribution in [-0.4, -0.2) is 65.6 Å². The van der Waals surface area contributed by atoms with E-state index in [0.717, 1.165) is 43.4 Å². The third-order valence-electron chi connectivity index (χ3n) is 8.91. The maximum absolute atomic E-state index is 14.3. The van der Waals surface area contributed by atoms with Crippen molar-refractivity contribution in [3.8, 4) is 11.1 Å². The molecule has 1 unspecified atom stereocenters. The number of hydrogen-bond acceptors (Lipinski definition) is 7. The number of anilines is 1. The fourth-order valence-corrected chi connectivity index (χ4v) is 7.60. The van der Waals surface area contributed by atoms with E-state index in [1.165, 1.54) is 21.6 Å². The van der Waals surface area contributed by atoms with E-state index in [4.69, 9.17) is 28.3 Å². The molecule has 2 aromatic carbocycles. The highest BCUT2D eigenvalue weighted by Crippen LogP contribution is 2.39. The molecule has 13 heteroatoms. The SMILES string of the molecule is CN(Cc1ccc(-c2cc(Cl)c3cn(C(C(=O)Nc4nccs4)c4ncn5c4C[C@@H](F)C5)nc3c2Cl)cc1)C1CCC(O)CC1. The summed E-state index contributed by atoms with van der Waals surface area (Å²) in [6, 6.07) is 9.52. The van der Waals surface area contributed by atoms with Crippen LogP contribution in [0.2, 0.25) is 10.0 Å². The lowest BCUT2D eigenvalue weighted by atomic mass is 9.92. The molecule has 2 atom stereocenters. The summed E-state index contributed by atoms with van der Waals surface area (Å²) in [5, 5.41) is 21.1. The molecule has 0 spiro atoms. The highest BCUT2D eigenvalue weighted by atomic mass is 35.5. The van der Waals surface area contributed by atoms with Gasteiger partial charge in [-0.05, 0) is 49.9 Å².